The fraction of sp³-hybridized carbons (Fsp3) is 0.500. The molecule has 1 aliphatic rings. The molecule has 0 fully saturated rings. The summed E-state index contributed by atoms with van der Waals surface area (Å²) in [6, 6.07) is 5.45. The minimum Gasteiger partial charge on any atom is -0.484 e. The van der Waals surface area contributed by atoms with Crippen LogP contribution in [0.25, 0.3) is 0 Å². The molecule has 98 valence electrons. The molecule has 0 aromatic heterocycles. The smallest absolute Gasteiger partial charge is 0.224 e. The summed E-state index contributed by atoms with van der Waals surface area (Å²) in [5, 5.41) is 9.61. The highest BCUT2D eigenvalue weighted by Crippen LogP contribution is 2.38. The van der Waals surface area contributed by atoms with Gasteiger partial charge in [0.25, 0.3) is 0 Å². The molecule has 1 aliphatic heterocycles. The largest absolute Gasteiger partial charge is 0.484 e. The maximum absolute atomic E-state index is 11.7. The molecule has 1 aromatic carbocycles. The molecular formula is C14H19NO3. The monoisotopic (exact) mass is 249 g/mol. The number of rotatable bonds is 1. The van der Waals surface area contributed by atoms with Gasteiger partial charge in [-0.1, -0.05) is 6.07 Å². The van der Waals surface area contributed by atoms with Crippen LogP contribution >= 0.6 is 0 Å². The molecule has 0 saturated carbocycles. The molecule has 1 unspecified atom stereocenters. The van der Waals surface area contributed by atoms with Crippen molar-refractivity contribution in [3.8, 4) is 5.75 Å². The number of nitrogens with zero attached hydrogens (tertiary/aromatic N) is 1. The van der Waals surface area contributed by atoms with Crippen molar-refractivity contribution in [3.63, 3.8) is 0 Å². The highest BCUT2D eigenvalue weighted by Gasteiger charge is 2.33. The summed E-state index contributed by atoms with van der Waals surface area (Å²) in [5.41, 5.74) is 1.12. The van der Waals surface area contributed by atoms with E-state index in [9.17, 15) is 9.90 Å². The Morgan fingerprint density at radius 1 is 1.50 bits per heavy atom. The van der Waals surface area contributed by atoms with Gasteiger partial charge in [-0.15, -0.1) is 0 Å². The normalized spacial score (nSPS) is 18.8. The fourth-order valence-corrected chi connectivity index (χ4v) is 2.17. The summed E-state index contributed by atoms with van der Waals surface area (Å²) in [4.78, 5) is 13.4. The number of ether oxygens (including phenoxy) is 1. The van der Waals surface area contributed by atoms with Crippen molar-refractivity contribution in [1.82, 2.24) is 0 Å². The number of hydrogen-bond donors (Lipinski definition) is 1. The Bertz CT molecular complexity index is 480. The van der Waals surface area contributed by atoms with Gasteiger partial charge < -0.3 is 14.7 Å². The zero-order valence-electron chi connectivity index (χ0n) is 11.2. The van der Waals surface area contributed by atoms with Gasteiger partial charge in [0.2, 0.25) is 5.91 Å². The fourth-order valence-electron chi connectivity index (χ4n) is 2.17. The predicted molar refractivity (Wildman–Crippen MR) is 69.8 cm³/mol. The predicted octanol–water partition coefficient (Wildman–Crippen LogP) is 2.26. The van der Waals surface area contributed by atoms with Crippen LogP contribution in [0.5, 0.6) is 5.75 Å². The zero-order chi connectivity index (χ0) is 13.5. The quantitative estimate of drug-likeness (QED) is 0.830. The van der Waals surface area contributed by atoms with E-state index in [0.717, 1.165) is 11.3 Å². The number of amides is 1. The number of fused-ring (bicyclic) bond motifs is 1. The molecule has 0 radical (unpaired) electrons. The number of carbonyl (C=O) groups is 1. The Morgan fingerprint density at radius 2 is 2.17 bits per heavy atom. The molecule has 0 aliphatic carbocycles. The summed E-state index contributed by atoms with van der Waals surface area (Å²) in [5.74, 6) is 0.668. The van der Waals surface area contributed by atoms with Crippen molar-refractivity contribution in [2.24, 2.45) is 0 Å². The summed E-state index contributed by atoms with van der Waals surface area (Å²) < 4.78 is 5.86. The van der Waals surface area contributed by atoms with Crippen LogP contribution in [0.2, 0.25) is 0 Å². The standard InChI is InChI=1S/C14H19NO3/c1-9(16)11-5-6-13-12(7-11)15(10(2)17)8-14(3,4)18-13/h5-7,9,16H,8H2,1-4H3. The van der Waals surface area contributed by atoms with E-state index < -0.39 is 11.7 Å². The van der Waals surface area contributed by atoms with Crippen molar-refractivity contribution in [2.75, 3.05) is 11.4 Å². The molecule has 1 atom stereocenters. The van der Waals surface area contributed by atoms with E-state index in [4.69, 9.17) is 4.74 Å². The van der Waals surface area contributed by atoms with Gasteiger partial charge in [-0.05, 0) is 38.5 Å². The van der Waals surface area contributed by atoms with Crippen molar-refractivity contribution < 1.29 is 14.6 Å². The van der Waals surface area contributed by atoms with Gasteiger partial charge in [0.1, 0.15) is 11.4 Å². The molecule has 0 saturated heterocycles. The second-order valence-electron chi connectivity index (χ2n) is 5.37. The van der Waals surface area contributed by atoms with E-state index in [1.807, 2.05) is 32.0 Å². The minimum atomic E-state index is -0.556. The first-order valence-corrected chi connectivity index (χ1v) is 6.09. The first-order valence-electron chi connectivity index (χ1n) is 6.09. The Balaban J connectivity index is 2.50. The third kappa shape index (κ3) is 2.34. The van der Waals surface area contributed by atoms with Gasteiger partial charge in [0.15, 0.2) is 0 Å². The van der Waals surface area contributed by atoms with Crippen LogP contribution in [-0.2, 0) is 4.79 Å². The molecule has 18 heavy (non-hydrogen) atoms. The highest BCUT2D eigenvalue weighted by atomic mass is 16.5. The molecule has 0 spiro atoms. The molecule has 4 heteroatoms. The molecule has 1 N–H and O–H groups in total. The van der Waals surface area contributed by atoms with Crippen molar-refractivity contribution >= 4 is 11.6 Å². The van der Waals surface area contributed by atoms with Gasteiger partial charge in [0.05, 0.1) is 18.3 Å². The lowest BCUT2D eigenvalue weighted by Gasteiger charge is -2.39. The third-order valence-electron chi connectivity index (χ3n) is 3.06. The van der Waals surface area contributed by atoms with E-state index in [1.165, 1.54) is 0 Å². The van der Waals surface area contributed by atoms with E-state index in [1.54, 1.807) is 18.7 Å². The van der Waals surface area contributed by atoms with Gasteiger partial charge >= 0.3 is 0 Å². The number of aliphatic hydroxyl groups is 1. The van der Waals surface area contributed by atoms with E-state index in [2.05, 4.69) is 0 Å². The summed E-state index contributed by atoms with van der Waals surface area (Å²) in [6.07, 6.45) is -0.556. The zero-order valence-corrected chi connectivity index (χ0v) is 11.2. The number of hydrogen-bond acceptors (Lipinski definition) is 3. The lowest BCUT2D eigenvalue weighted by atomic mass is 10.0. The molecule has 1 amide bonds. The van der Waals surface area contributed by atoms with Gasteiger partial charge in [0, 0.05) is 6.92 Å². The van der Waals surface area contributed by atoms with Crippen molar-refractivity contribution in [1.29, 1.82) is 0 Å². The van der Waals surface area contributed by atoms with Crippen LogP contribution in [0, 0.1) is 0 Å². The number of anilines is 1. The number of benzene rings is 1. The number of aliphatic hydroxyl groups excluding tert-OH is 1. The van der Waals surface area contributed by atoms with E-state index in [-0.39, 0.29) is 5.91 Å². The minimum absolute atomic E-state index is 0.0182. The third-order valence-corrected chi connectivity index (χ3v) is 3.06. The van der Waals surface area contributed by atoms with Crippen LogP contribution in [0.1, 0.15) is 39.4 Å². The molecule has 1 heterocycles. The van der Waals surface area contributed by atoms with Crippen molar-refractivity contribution in [3.05, 3.63) is 23.8 Å². The van der Waals surface area contributed by atoms with E-state index in [0.29, 0.717) is 12.3 Å². The lowest BCUT2D eigenvalue weighted by Crippen LogP contribution is -2.48. The summed E-state index contributed by atoms with van der Waals surface area (Å²) >= 11 is 0. The Kier molecular flexibility index (Phi) is 3.07. The maximum atomic E-state index is 11.7. The molecule has 0 bridgehead atoms. The average molecular weight is 249 g/mol. The van der Waals surface area contributed by atoms with Gasteiger partial charge in [-0.25, -0.2) is 0 Å². The molecule has 1 aromatic rings. The van der Waals surface area contributed by atoms with Crippen LogP contribution < -0.4 is 9.64 Å². The van der Waals surface area contributed by atoms with Crippen LogP contribution in [0.4, 0.5) is 5.69 Å². The maximum Gasteiger partial charge on any atom is 0.224 e. The molecule has 2 rings (SSSR count). The second-order valence-corrected chi connectivity index (χ2v) is 5.37. The van der Waals surface area contributed by atoms with Crippen LogP contribution in [0.15, 0.2) is 18.2 Å². The summed E-state index contributed by atoms with van der Waals surface area (Å²) in [6.45, 7) is 7.66. The van der Waals surface area contributed by atoms with Gasteiger partial charge in [-0.2, -0.15) is 0 Å². The Labute approximate surface area is 107 Å². The highest BCUT2D eigenvalue weighted by molar-refractivity contribution is 5.94. The van der Waals surface area contributed by atoms with E-state index >= 15 is 0 Å². The Hall–Kier alpha value is -1.55. The summed E-state index contributed by atoms with van der Waals surface area (Å²) in [7, 11) is 0. The van der Waals surface area contributed by atoms with Crippen LogP contribution in [-0.4, -0.2) is 23.2 Å². The molecular weight excluding hydrogens is 230 g/mol. The first-order chi connectivity index (χ1) is 8.30. The second kappa shape index (κ2) is 4.28. The average Bonchev–Trinajstić information content (AvgIpc) is 2.25. The van der Waals surface area contributed by atoms with Crippen LogP contribution in [0.3, 0.4) is 0 Å². The van der Waals surface area contributed by atoms with Crippen molar-refractivity contribution in [2.45, 2.75) is 39.4 Å². The first kappa shape index (κ1) is 12.9. The molecule has 4 nitrogen and oxygen atoms in total. The Morgan fingerprint density at radius 3 is 2.72 bits per heavy atom. The number of carbonyl (C=O) groups excluding carboxylic acids is 1. The SMILES string of the molecule is CC(=O)N1CC(C)(C)Oc2ccc(C(C)O)cc21. The lowest BCUT2D eigenvalue weighted by molar-refractivity contribution is -0.117. The van der Waals surface area contributed by atoms with Gasteiger partial charge in [-0.3, -0.25) is 4.79 Å². The topological polar surface area (TPSA) is 49.8 Å².